The first-order valence-electron chi connectivity index (χ1n) is 4.52. The summed E-state index contributed by atoms with van der Waals surface area (Å²) in [6, 6.07) is 4.28. The van der Waals surface area contributed by atoms with Gasteiger partial charge in [0.15, 0.2) is 0 Å². The van der Waals surface area contributed by atoms with E-state index in [9.17, 15) is 14.9 Å². The molecule has 0 bridgehead atoms. The second-order valence-corrected chi connectivity index (χ2v) is 8.59. The van der Waals surface area contributed by atoms with E-state index in [-0.39, 0.29) is 11.3 Å². The van der Waals surface area contributed by atoms with Gasteiger partial charge < -0.3 is 4.74 Å². The van der Waals surface area contributed by atoms with E-state index in [0.717, 1.165) is 0 Å². The Morgan fingerprint density at radius 2 is 2.18 bits per heavy atom. The van der Waals surface area contributed by atoms with Gasteiger partial charge in [0, 0.05) is 6.07 Å². The predicted octanol–water partition coefficient (Wildman–Crippen LogP) is 3.38. The monoisotopic (exact) mass is 413 g/mol. The molecule has 1 unspecified atom stereocenters. The lowest BCUT2D eigenvalue weighted by Gasteiger charge is -2.15. The Kier molecular flexibility index (Phi) is 4.48. The number of rotatable bonds is 3. The van der Waals surface area contributed by atoms with E-state index < -0.39 is 13.2 Å². The Bertz CT molecular complexity index is 470. The van der Waals surface area contributed by atoms with Crippen LogP contribution in [0.15, 0.2) is 18.2 Å². The second kappa shape index (κ2) is 5.30. The zero-order valence-electron chi connectivity index (χ0n) is 9.07. The number of halogens is 2. The van der Waals surface area contributed by atoms with Crippen molar-refractivity contribution in [1.82, 2.24) is 0 Å². The number of carbonyl (C=O) groups excluding carboxylic acids is 1. The highest BCUT2D eigenvalue weighted by Crippen LogP contribution is 2.42. The van der Waals surface area contributed by atoms with Gasteiger partial charge >= 0.3 is 5.97 Å². The number of benzene rings is 1. The zero-order valence-corrected chi connectivity index (χ0v) is 12.8. The highest BCUT2D eigenvalue weighted by Gasteiger charge is 2.29. The van der Waals surface area contributed by atoms with E-state index in [1.54, 1.807) is 13.0 Å². The number of alkyl halides is 2. The first-order valence-corrected chi connectivity index (χ1v) is 6.39. The van der Waals surface area contributed by atoms with Gasteiger partial charge in [-0.1, -0.05) is 38.5 Å². The van der Waals surface area contributed by atoms with Crippen LogP contribution in [0.4, 0.5) is 5.69 Å². The maximum absolute atomic E-state index is 11.3. The average molecular weight is 414 g/mol. The van der Waals surface area contributed by atoms with Crippen LogP contribution in [0.2, 0.25) is 0 Å². The molecular formula is C10H9BrINO4. The summed E-state index contributed by atoms with van der Waals surface area (Å²) in [5.41, 5.74) is 0.550. The number of ether oxygens (including phenoxy) is 1. The Morgan fingerprint density at radius 3 is 2.59 bits per heavy atom. The molecule has 92 valence electrons. The Balaban J connectivity index is 3.37. The van der Waals surface area contributed by atoms with Crippen molar-refractivity contribution in [2.24, 2.45) is 0 Å². The van der Waals surface area contributed by atoms with Crippen molar-refractivity contribution in [3.05, 3.63) is 39.4 Å². The normalized spacial score (nSPS) is 13.9. The Labute approximate surface area is 120 Å². The molecule has 1 rings (SSSR count). The summed E-state index contributed by atoms with van der Waals surface area (Å²) in [7, 11) is 1.23. The van der Waals surface area contributed by atoms with Crippen molar-refractivity contribution >= 4 is 50.2 Å². The van der Waals surface area contributed by atoms with Crippen molar-refractivity contribution in [3.8, 4) is 0 Å². The van der Waals surface area contributed by atoms with E-state index in [0.29, 0.717) is 5.56 Å². The van der Waals surface area contributed by atoms with Crippen LogP contribution in [0.3, 0.4) is 0 Å². The van der Waals surface area contributed by atoms with Crippen LogP contribution in [-0.4, -0.2) is 18.0 Å². The number of nitro benzene ring substituents is 1. The molecule has 5 nitrogen and oxygen atoms in total. The van der Waals surface area contributed by atoms with Crippen molar-refractivity contribution in [2.45, 2.75) is 9.25 Å². The van der Waals surface area contributed by atoms with E-state index in [2.05, 4.69) is 20.7 Å². The molecule has 1 aromatic carbocycles. The van der Waals surface area contributed by atoms with Crippen LogP contribution in [0.5, 0.6) is 0 Å². The minimum Gasteiger partial charge on any atom is -0.465 e. The fourth-order valence-electron chi connectivity index (χ4n) is 1.30. The highest BCUT2D eigenvalue weighted by molar-refractivity contribution is 14.1. The van der Waals surface area contributed by atoms with Crippen molar-refractivity contribution in [1.29, 1.82) is 0 Å². The summed E-state index contributed by atoms with van der Waals surface area (Å²) < 4.78 is 3.95. The molecule has 0 aromatic heterocycles. The van der Waals surface area contributed by atoms with E-state index in [1.165, 1.54) is 19.2 Å². The van der Waals surface area contributed by atoms with Gasteiger partial charge in [0.05, 0.1) is 23.2 Å². The lowest BCUT2D eigenvalue weighted by atomic mass is 10.1. The van der Waals surface area contributed by atoms with E-state index in [1.807, 2.05) is 22.6 Å². The van der Waals surface area contributed by atoms with Crippen molar-refractivity contribution in [3.63, 3.8) is 0 Å². The van der Waals surface area contributed by atoms with E-state index >= 15 is 0 Å². The summed E-state index contributed by atoms with van der Waals surface area (Å²) in [5.74, 6) is -0.593. The Hall–Kier alpha value is -0.700. The highest BCUT2D eigenvalue weighted by atomic mass is 127. The molecule has 0 radical (unpaired) electrons. The molecule has 17 heavy (non-hydrogen) atoms. The summed E-state index contributed by atoms with van der Waals surface area (Å²) in [5, 5.41) is 11.0. The first kappa shape index (κ1) is 14.4. The molecule has 0 amide bonds. The molecule has 0 saturated carbocycles. The number of nitro groups is 1. The molecule has 0 N–H and O–H groups in total. The number of esters is 1. The van der Waals surface area contributed by atoms with Gasteiger partial charge in [0.25, 0.3) is 5.69 Å². The lowest BCUT2D eigenvalue weighted by Crippen LogP contribution is -2.09. The summed E-state index contributed by atoms with van der Waals surface area (Å²) in [4.78, 5) is 21.7. The van der Waals surface area contributed by atoms with Crippen LogP contribution in [0.1, 0.15) is 22.8 Å². The predicted molar refractivity (Wildman–Crippen MR) is 74.7 cm³/mol. The number of methoxy groups -OCH3 is 1. The molecule has 0 aliphatic carbocycles. The summed E-state index contributed by atoms with van der Waals surface area (Å²) in [6.07, 6.45) is 0. The molecule has 1 aromatic rings. The van der Waals surface area contributed by atoms with Crippen LogP contribution in [-0.2, 0) is 7.07 Å². The van der Waals surface area contributed by atoms with E-state index in [4.69, 9.17) is 0 Å². The molecule has 7 heteroatoms. The molecule has 1 atom stereocenters. The van der Waals surface area contributed by atoms with Crippen LogP contribution in [0, 0.1) is 10.1 Å². The quantitative estimate of drug-likeness (QED) is 0.250. The lowest BCUT2D eigenvalue weighted by molar-refractivity contribution is -0.385. The van der Waals surface area contributed by atoms with Gasteiger partial charge in [-0.2, -0.15) is 0 Å². The van der Waals surface area contributed by atoms with Crippen LogP contribution < -0.4 is 0 Å². The minimum atomic E-state index is -0.593. The zero-order chi connectivity index (χ0) is 13.2. The average Bonchev–Trinajstić information content (AvgIpc) is 2.25. The van der Waals surface area contributed by atoms with Gasteiger partial charge in [-0.3, -0.25) is 10.1 Å². The van der Waals surface area contributed by atoms with Gasteiger partial charge in [-0.05, 0) is 19.1 Å². The topological polar surface area (TPSA) is 69.4 Å². The van der Waals surface area contributed by atoms with Gasteiger partial charge in [-0.15, -0.1) is 0 Å². The fourth-order valence-corrected chi connectivity index (χ4v) is 2.09. The minimum absolute atomic E-state index is 0.110. The Morgan fingerprint density at radius 1 is 1.59 bits per heavy atom. The molecule has 0 spiro atoms. The number of carbonyl (C=O) groups is 1. The third-order valence-corrected chi connectivity index (χ3v) is 3.10. The standard InChI is InChI=1S/C10H9BrINO4/c1-10(11,12)7-4-3-6(9(14)17-2)5-8(7)13(15)16/h3-5H,1-2H3. The summed E-state index contributed by atoms with van der Waals surface area (Å²) >= 11 is 5.39. The first-order chi connectivity index (χ1) is 7.77. The molecule has 0 aliphatic rings. The summed E-state index contributed by atoms with van der Waals surface area (Å²) in [6.45, 7) is 1.79. The van der Waals surface area contributed by atoms with Gasteiger partial charge in [-0.25, -0.2) is 4.79 Å². The number of hydrogen-bond acceptors (Lipinski definition) is 4. The molecule has 0 aliphatic heterocycles. The van der Waals surface area contributed by atoms with Gasteiger partial charge in [0.2, 0.25) is 0 Å². The number of nitrogens with zero attached hydrogens (tertiary/aromatic N) is 1. The molecule has 0 saturated heterocycles. The van der Waals surface area contributed by atoms with Gasteiger partial charge in [0.1, 0.15) is 2.33 Å². The molecule has 0 fully saturated rings. The van der Waals surface area contributed by atoms with Crippen molar-refractivity contribution < 1.29 is 14.5 Å². The van der Waals surface area contributed by atoms with Crippen LogP contribution >= 0.6 is 38.5 Å². The van der Waals surface area contributed by atoms with Crippen LogP contribution in [0.25, 0.3) is 0 Å². The third-order valence-electron chi connectivity index (χ3n) is 2.09. The SMILES string of the molecule is COC(=O)c1ccc(C(C)(Br)I)c([N+](=O)[O-])c1. The molecular weight excluding hydrogens is 405 g/mol. The third kappa shape index (κ3) is 3.38. The van der Waals surface area contributed by atoms with Crippen molar-refractivity contribution in [2.75, 3.05) is 7.11 Å². The number of hydrogen-bond donors (Lipinski definition) is 0. The maximum Gasteiger partial charge on any atom is 0.338 e. The smallest absolute Gasteiger partial charge is 0.338 e. The fraction of sp³-hybridized carbons (Fsp3) is 0.300. The molecule has 0 heterocycles. The largest absolute Gasteiger partial charge is 0.465 e. The maximum atomic E-state index is 11.3. The second-order valence-electron chi connectivity index (χ2n) is 3.37.